The van der Waals surface area contributed by atoms with Crippen molar-refractivity contribution < 1.29 is 4.79 Å². The van der Waals surface area contributed by atoms with Crippen LogP contribution in [0, 0.1) is 6.92 Å². The molecule has 2 nitrogen and oxygen atoms in total. The Kier molecular flexibility index (Phi) is 3.50. The summed E-state index contributed by atoms with van der Waals surface area (Å²) in [5, 5.41) is 1.17. The lowest BCUT2D eigenvalue weighted by molar-refractivity contribution is 0.0966. The highest BCUT2D eigenvalue weighted by atomic mass is 32.2. The SMILES string of the molecule is Cc1ccc(C(=O)n2c3c(c4ccccc42)CSc2ccccc2-3)cc1. The van der Waals surface area contributed by atoms with Gasteiger partial charge in [-0.25, -0.2) is 0 Å². The zero-order chi connectivity index (χ0) is 17.7. The summed E-state index contributed by atoms with van der Waals surface area (Å²) in [6, 6.07) is 24.4. The maximum Gasteiger partial charge on any atom is 0.262 e. The minimum absolute atomic E-state index is 0.0316. The average Bonchev–Trinajstić information content (AvgIpc) is 3.03. The first-order chi connectivity index (χ1) is 12.7. The van der Waals surface area contributed by atoms with Crippen molar-refractivity contribution in [1.29, 1.82) is 0 Å². The Labute approximate surface area is 156 Å². The minimum Gasteiger partial charge on any atom is -0.275 e. The Morgan fingerprint density at radius 2 is 1.65 bits per heavy atom. The number of aryl methyl sites for hydroxylation is 1. The highest BCUT2D eigenvalue weighted by Crippen LogP contribution is 2.45. The van der Waals surface area contributed by atoms with Crippen molar-refractivity contribution in [2.24, 2.45) is 0 Å². The Balaban J connectivity index is 1.83. The molecule has 0 unspecified atom stereocenters. The Morgan fingerprint density at radius 3 is 2.50 bits per heavy atom. The maximum atomic E-state index is 13.5. The molecule has 3 heteroatoms. The number of hydrogen-bond acceptors (Lipinski definition) is 2. The molecule has 0 aliphatic carbocycles. The van der Waals surface area contributed by atoms with Crippen LogP contribution in [0.2, 0.25) is 0 Å². The van der Waals surface area contributed by atoms with E-state index in [2.05, 4.69) is 30.3 Å². The van der Waals surface area contributed by atoms with Gasteiger partial charge in [0.1, 0.15) is 0 Å². The van der Waals surface area contributed by atoms with E-state index < -0.39 is 0 Å². The molecule has 3 aromatic carbocycles. The van der Waals surface area contributed by atoms with Crippen LogP contribution in [0.25, 0.3) is 22.2 Å². The normalized spacial score (nSPS) is 12.7. The van der Waals surface area contributed by atoms with Crippen LogP contribution in [-0.2, 0) is 5.75 Å². The number of rotatable bonds is 1. The second-order valence-electron chi connectivity index (χ2n) is 6.64. The molecule has 4 aromatic rings. The smallest absolute Gasteiger partial charge is 0.262 e. The van der Waals surface area contributed by atoms with Crippen molar-refractivity contribution in [3.63, 3.8) is 0 Å². The number of hydrogen-bond donors (Lipinski definition) is 0. The summed E-state index contributed by atoms with van der Waals surface area (Å²) in [4.78, 5) is 14.7. The lowest BCUT2D eigenvalue weighted by atomic mass is 10.1. The molecule has 5 rings (SSSR count). The molecule has 1 aromatic heterocycles. The molecule has 26 heavy (non-hydrogen) atoms. The van der Waals surface area contributed by atoms with Crippen molar-refractivity contribution in [2.45, 2.75) is 17.6 Å². The first-order valence-corrected chi connectivity index (χ1v) is 9.68. The third kappa shape index (κ3) is 2.24. The van der Waals surface area contributed by atoms with Gasteiger partial charge < -0.3 is 0 Å². The molecular weight excluding hydrogens is 338 g/mol. The third-order valence-corrected chi connectivity index (χ3v) is 6.10. The summed E-state index contributed by atoms with van der Waals surface area (Å²) >= 11 is 1.84. The van der Waals surface area contributed by atoms with Gasteiger partial charge in [-0.2, -0.15) is 0 Å². The second-order valence-corrected chi connectivity index (χ2v) is 7.65. The predicted octanol–water partition coefficient (Wildman–Crippen LogP) is 5.91. The molecule has 0 saturated heterocycles. The van der Waals surface area contributed by atoms with E-state index in [0.29, 0.717) is 0 Å². The Hall–Kier alpha value is -2.78. The van der Waals surface area contributed by atoms with Gasteiger partial charge in [-0.05, 0) is 36.8 Å². The minimum atomic E-state index is 0.0316. The van der Waals surface area contributed by atoms with Gasteiger partial charge in [0.2, 0.25) is 0 Å². The molecule has 0 saturated carbocycles. The Morgan fingerprint density at radius 1 is 0.923 bits per heavy atom. The second kappa shape index (κ2) is 5.89. The van der Waals surface area contributed by atoms with Crippen LogP contribution in [0.3, 0.4) is 0 Å². The van der Waals surface area contributed by atoms with E-state index in [-0.39, 0.29) is 5.91 Å². The van der Waals surface area contributed by atoms with Crippen molar-refractivity contribution in [3.8, 4) is 11.3 Å². The van der Waals surface area contributed by atoms with Gasteiger partial charge in [0.25, 0.3) is 5.91 Å². The Bertz CT molecular complexity index is 1150. The van der Waals surface area contributed by atoms with Gasteiger partial charge in [-0.1, -0.05) is 54.1 Å². The number of thioether (sulfide) groups is 1. The molecular formula is C23H17NOS. The summed E-state index contributed by atoms with van der Waals surface area (Å²) in [7, 11) is 0. The van der Waals surface area contributed by atoms with Crippen LogP contribution in [0.15, 0.2) is 77.7 Å². The summed E-state index contributed by atoms with van der Waals surface area (Å²) < 4.78 is 1.91. The fraction of sp³-hybridized carbons (Fsp3) is 0.0870. The molecule has 0 amide bonds. The largest absolute Gasteiger partial charge is 0.275 e. The quantitative estimate of drug-likeness (QED) is 0.423. The first-order valence-electron chi connectivity index (χ1n) is 8.70. The number of carbonyl (C=O) groups is 1. The maximum absolute atomic E-state index is 13.5. The molecule has 1 aliphatic heterocycles. The summed E-state index contributed by atoms with van der Waals surface area (Å²) in [5.41, 5.74) is 6.31. The van der Waals surface area contributed by atoms with Crippen LogP contribution in [0.1, 0.15) is 21.5 Å². The van der Waals surface area contributed by atoms with Crippen molar-refractivity contribution in [2.75, 3.05) is 0 Å². The highest BCUT2D eigenvalue weighted by Gasteiger charge is 2.27. The average molecular weight is 355 g/mol. The van der Waals surface area contributed by atoms with Crippen LogP contribution in [0.5, 0.6) is 0 Å². The molecule has 0 atom stereocenters. The highest BCUT2D eigenvalue weighted by molar-refractivity contribution is 7.98. The van der Waals surface area contributed by atoms with E-state index in [1.807, 2.05) is 65.7 Å². The van der Waals surface area contributed by atoms with Gasteiger partial charge in [0.15, 0.2) is 0 Å². The number of nitrogens with zero attached hydrogens (tertiary/aromatic N) is 1. The fourth-order valence-electron chi connectivity index (χ4n) is 3.71. The van der Waals surface area contributed by atoms with E-state index in [0.717, 1.165) is 33.7 Å². The van der Waals surface area contributed by atoms with Crippen molar-refractivity contribution in [1.82, 2.24) is 4.57 Å². The molecule has 0 spiro atoms. The monoisotopic (exact) mass is 355 g/mol. The lowest BCUT2D eigenvalue weighted by Crippen LogP contribution is -2.14. The van der Waals surface area contributed by atoms with E-state index in [4.69, 9.17) is 0 Å². The van der Waals surface area contributed by atoms with Crippen LogP contribution < -0.4 is 0 Å². The third-order valence-electron chi connectivity index (χ3n) is 5.00. The van der Waals surface area contributed by atoms with Crippen molar-refractivity contribution >= 4 is 28.6 Å². The van der Waals surface area contributed by atoms with Crippen LogP contribution in [-0.4, -0.2) is 10.5 Å². The van der Waals surface area contributed by atoms with E-state index in [1.54, 1.807) is 0 Å². The van der Waals surface area contributed by atoms with Crippen LogP contribution >= 0.6 is 11.8 Å². The summed E-state index contributed by atoms with van der Waals surface area (Å²) in [6.07, 6.45) is 0. The van der Waals surface area contributed by atoms with Crippen molar-refractivity contribution in [3.05, 3.63) is 89.5 Å². The zero-order valence-electron chi connectivity index (χ0n) is 14.4. The van der Waals surface area contributed by atoms with E-state index in [9.17, 15) is 4.79 Å². The molecule has 0 N–H and O–H groups in total. The summed E-state index contributed by atoms with van der Waals surface area (Å²) in [5.74, 6) is 0.922. The molecule has 0 bridgehead atoms. The molecule has 0 fully saturated rings. The molecule has 2 heterocycles. The van der Waals surface area contributed by atoms with Gasteiger partial charge in [-0.3, -0.25) is 9.36 Å². The number of benzene rings is 3. The fourth-order valence-corrected chi connectivity index (χ4v) is 4.80. The van der Waals surface area contributed by atoms with E-state index >= 15 is 0 Å². The topological polar surface area (TPSA) is 22.0 Å². The van der Waals surface area contributed by atoms with Crippen LogP contribution in [0.4, 0.5) is 0 Å². The molecule has 1 aliphatic rings. The predicted molar refractivity (Wildman–Crippen MR) is 108 cm³/mol. The number of aromatic nitrogens is 1. The van der Waals surface area contributed by atoms with Gasteiger partial charge in [0, 0.05) is 27.2 Å². The number of fused-ring (bicyclic) bond motifs is 5. The lowest BCUT2D eigenvalue weighted by Gasteiger charge is -2.19. The molecule has 0 radical (unpaired) electrons. The number of para-hydroxylation sites is 1. The van der Waals surface area contributed by atoms with Gasteiger partial charge in [-0.15, -0.1) is 11.8 Å². The standard InChI is InChI=1S/C23H17NOS/c1-15-10-12-16(13-11-15)23(25)24-20-8-4-2-6-17(20)19-14-26-21-9-5-3-7-18(21)22(19)24/h2-13H,14H2,1H3. The van der Waals surface area contributed by atoms with Gasteiger partial charge >= 0.3 is 0 Å². The molecule has 126 valence electrons. The first kappa shape index (κ1) is 15.5. The summed E-state index contributed by atoms with van der Waals surface area (Å²) in [6.45, 7) is 2.04. The zero-order valence-corrected chi connectivity index (χ0v) is 15.2. The van der Waals surface area contributed by atoms with E-state index in [1.165, 1.54) is 15.8 Å². The van der Waals surface area contributed by atoms with Gasteiger partial charge in [0.05, 0.1) is 11.2 Å². The number of carbonyl (C=O) groups excluding carboxylic acids is 1.